The quantitative estimate of drug-likeness (QED) is 0.686. The van der Waals surface area contributed by atoms with Crippen molar-refractivity contribution in [2.24, 2.45) is 0 Å². The van der Waals surface area contributed by atoms with E-state index >= 15 is 0 Å². The van der Waals surface area contributed by atoms with Crippen LogP contribution in [0.5, 0.6) is 0 Å². The highest BCUT2D eigenvalue weighted by molar-refractivity contribution is 5.95. The maximum Gasteiger partial charge on any atom is 0.225 e. The standard InChI is InChI=1S/C21H26N4O/c1-4-18(26)24-21-19(20-22-16-11-7-8-12-17(16)23-20)13(2)14(3)25(21)15-9-5-6-10-15/h7-8,11-12,15H,4-6,9-10H2,1-3H3,(H,22,23)(H,24,26). The van der Waals surface area contributed by atoms with E-state index in [9.17, 15) is 4.79 Å². The van der Waals surface area contributed by atoms with Crippen molar-refractivity contribution in [1.29, 1.82) is 0 Å². The second-order valence-electron chi connectivity index (χ2n) is 7.25. The molecule has 0 atom stereocenters. The molecule has 5 nitrogen and oxygen atoms in total. The number of aromatic amines is 1. The van der Waals surface area contributed by atoms with Gasteiger partial charge in [0.1, 0.15) is 11.6 Å². The molecule has 0 unspecified atom stereocenters. The van der Waals surface area contributed by atoms with Crippen LogP contribution in [0.3, 0.4) is 0 Å². The third-order valence-electron chi connectivity index (χ3n) is 5.65. The van der Waals surface area contributed by atoms with Crippen LogP contribution in [0.2, 0.25) is 0 Å². The largest absolute Gasteiger partial charge is 0.338 e. The number of aromatic nitrogens is 3. The van der Waals surface area contributed by atoms with E-state index in [1.54, 1.807) is 0 Å². The highest BCUT2D eigenvalue weighted by Crippen LogP contribution is 2.41. The summed E-state index contributed by atoms with van der Waals surface area (Å²) < 4.78 is 2.35. The van der Waals surface area contributed by atoms with Crippen molar-refractivity contribution in [1.82, 2.24) is 14.5 Å². The van der Waals surface area contributed by atoms with Gasteiger partial charge in [-0.3, -0.25) is 4.79 Å². The molecule has 2 N–H and O–H groups in total. The molecule has 136 valence electrons. The van der Waals surface area contributed by atoms with Crippen LogP contribution in [0.15, 0.2) is 24.3 Å². The zero-order valence-electron chi connectivity index (χ0n) is 15.7. The maximum atomic E-state index is 12.3. The van der Waals surface area contributed by atoms with Crippen LogP contribution in [-0.4, -0.2) is 20.4 Å². The normalized spacial score (nSPS) is 15.0. The Kier molecular flexibility index (Phi) is 4.31. The second kappa shape index (κ2) is 6.63. The number of nitrogens with one attached hydrogen (secondary N) is 2. The third kappa shape index (κ3) is 2.71. The van der Waals surface area contributed by atoms with Crippen molar-refractivity contribution < 1.29 is 4.79 Å². The van der Waals surface area contributed by atoms with E-state index in [-0.39, 0.29) is 5.91 Å². The van der Waals surface area contributed by atoms with Crippen LogP contribution in [0.4, 0.5) is 5.82 Å². The van der Waals surface area contributed by atoms with Gasteiger partial charge in [0.15, 0.2) is 0 Å². The van der Waals surface area contributed by atoms with Gasteiger partial charge >= 0.3 is 0 Å². The minimum Gasteiger partial charge on any atom is -0.338 e. The first-order valence-corrected chi connectivity index (χ1v) is 9.56. The number of para-hydroxylation sites is 2. The fraction of sp³-hybridized carbons (Fsp3) is 0.429. The highest BCUT2D eigenvalue weighted by atomic mass is 16.1. The number of hydrogen-bond acceptors (Lipinski definition) is 2. The zero-order chi connectivity index (χ0) is 18.3. The molecular formula is C21H26N4O. The number of amides is 1. The van der Waals surface area contributed by atoms with Crippen LogP contribution < -0.4 is 5.32 Å². The van der Waals surface area contributed by atoms with Gasteiger partial charge < -0.3 is 14.9 Å². The molecule has 1 aromatic carbocycles. The Hall–Kier alpha value is -2.56. The summed E-state index contributed by atoms with van der Waals surface area (Å²) in [6, 6.07) is 8.50. The van der Waals surface area contributed by atoms with Gasteiger partial charge in [0.25, 0.3) is 0 Å². The molecule has 1 aliphatic rings. The summed E-state index contributed by atoms with van der Waals surface area (Å²) >= 11 is 0. The molecular weight excluding hydrogens is 324 g/mol. The van der Waals surface area contributed by atoms with Crippen LogP contribution in [-0.2, 0) is 4.79 Å². The summed E-state index contributed by atoms with van der Waals surface area (Å²) in [5.74, 6) is 1.77. The van der Waals surface area contributed by atoms with Crippen molar-refractivity contribution in [3.8, 4) is 11.4 Å². The van der Waals surface area contributed by atoms with Crippen LogP contribution in [0, 0.1) is 13.8 Å². The van der Waals surface area contributed by atoms with Crippen LogP contribution in [0.25, 0.3) is 22.4 Å². The Labute approximate surface area is 153 Å². The number of anilines is 1. The number of carbonyl (C=O) groups is 1. The summed E-state index contributed by atoms with van der Waals surface area (Å²) in [6.07, 6.45) is 5.31. The third-order valence-corrected chi connectivity index (χ3v) is 5.65. The van der Waals surface area contributed by atoms with E-state index in [1.165, 1.54) is 36.9 Å². The lowest BCUT2D eigenvalue weighted by molar-refractivity contribution is -0.115. The number of fused-ring (bicyclic) bond motifs is 1. The molecule has 1 aliphatic carbocycles. The van der Waals surface area contributed by atoms with Gasteiger partial charge in [-0.25, -0.2) is 4.98 Å². The molecule has 0 radical (unpaired) electrons. The van der Waals surface area contributed by atoms with Crippen molar-refractivity contribution in [2.75, 3.05) is 5.32 Å². The van der Waals surface area contributed by atoms with Gasteiger partial charge in [-0.2, -0.15) is 0 Å². The van der Waals surface area contributed by atoms with E-state index in [2.05, 4.69) is 28.7 Å². The fourth-order valence-corrected chi connectivity index (χ4v) is 4.15. The number of nitrogens with zero attached hydrogens (tertiary/aromatic N) is 2. The lowest BCUT2D eigenvalue weighted by Gasteiger charge is -2.19. The van der Waals surface area contributed by atoms with Crippen LogP contribution in [0.1, 0.15) is 56.3 Å². The Morgan fingerprint density at radius 3 is 2.69 bits per heavy atom. The molecule has 2 heterocycles. The summed E-state index contributed by atoms with van der Waals surface area (Å²) in [6.45, 7) is 6.17. The smallest absolute Gasteiger partial charge is 0.225 e. The van der Waals surface area contributed by atoms with E-state index in [0.717, 1.165) is 28.2 Å². The summed E-state index contributed by atoms with van der Waals surface area (Å²) in [7, 11) is 0. The Morgan fingerprint density at radius 2 is 2.00 bits per heavy atom. The lowest BCUT2D eigenvalue weighted by Crippen LogP contribution is -2.17. The van der Waals surface area contributed by atoms with E-state index in [4.69, 9.17) is 4.98 Å². The van der Waals surface area contributed by atoms with Crippen LogP contribution >= 0.6 is 0 Å². The number of H-pyrrole nitrogens is 1. The maximum absolute atomic E-state index is 12.3. The van der Waals surface area contributed by atoms with Gasteiger partial charge in [-0.1, -0.05) is 31.9 Å². The molecule has 0 bridgehead atoms. The molecule has 1 fully saturated rings. The van der Waals surface area contributed by atoms with Crippen molar-refractivity contribution in [3.05, 3.63) is 35.5 Å². The van der Waals surface area contributed by atoms with Gasteiger partial charge in [0.2, 0.25) is 5.91 Å². The number of hydrogen-bond donors (Lipinski definition) is 2. The Balaban J connectivity index is 1.92. The van der Waals surface area contributed by atoms with Gasteiger partial charge in [0.05, 0.1) is 16.6 Å². The van der Waals surface area contributed by atoms with Crippen molar-refractivity contribution in [3.63, 3.8) is 0 Å². The number of carbonyl (C=O) groups excluding carboxylic acids is 1. The number of imidazole rings is 1. The molecule has 3 aromatic rings. The minimum absolute atomic E-state index is 0.0408. The van der Waals surface area contributed by atoms with E-state index in [1.807, 2.05) is 31.2 Å². The molecule has 1 saturated carbocycles. The molecule has 1 amide bonds. The van der Waals surface area contributed by atoms with E-state index < -0.39 is 0 Å². The molecule has 26 heavy (non-hydrogen) atoms. The summed E-state index contributed by atoms with van der Waals surface area (Å²) in [5.41, 5.74) is 5.38. The summed E-state index contributed by atoms with van der Waals surface area (Å²) in [4.78, 5) is 20.5. The molecule has 5 heteroatoms. The predicted molar refractivity (Wildman–Crippen MR) is 105 cm³/mol. The Bertz CT molecular complexity index is 927. The lowest BCUT2D eigenvalue weighted by atomic mass is 10.1. The van der Waals surface area contributed by atoms with Crippen molar-refractivity contribution in [2.45, 2.75) is 58.9 Å². The number of benzene rings is 1. The topological polar surface area (TPSA) is 62.7 Å². The number of rotatable bonds is 4. The van der Waals surface area contributed by atoms with Gasteiger partial charge in [-0.05, 0) is 44.4 Å². The minimum atomic E-state index is 0.0408. The molecule has 0 aliphatic heterocycles. The zero-order valence-corrected chi connectivity index (χ0v) is 15.7. The van der Waals surface area contributed by atoms with E-state index in [0.29, 0.717) is 12.5 Å². The Morgan fingerprint density at radius 1 is 1.27 bits per heavy atom. The summed E-state index contributed by atoms with van der Waals surface area (Å²) in [5, 5.41) is 3.17. The molecule has 2 aromatic heterocycles. The monoisotopic (exact) mass is 350 g/mol. The first-order chi connectivity index (χ1) is 12.6. The van der Waals surface area contributed by atoms with Gasteiger partial charge in [-0.15, -0.1) is 0 Å². The first kappa shape index (κ1) is 16.9. The SMILES string of the molecule is CCC(=O)Nc1c(-c2nc3ccccc3[nH]2)c(C)c(C)n1C1CCCC1. The second-order valence-corrected chi connectivity index (χ2v) is 7.25. The molecule has 4 rings (SSSR count). The average molecular weight is 350 g/mol. The fourth-order valence-electron chi connectivity index (χ4n) is 4.15. The molecule has 0 spiro atoms. The average Bonchev–Trinajstić information content (AvgIpc) is 3.34. The first-order valence-electron chi connectivity index (χ1n) is 9.56. The highest BCUT2D eigenvalue weighted by Gasteiger charge is 2.28. The predicted octanol–water partition coefficient (Wildman–Crippen LogP) is 5.11. The molecule has 0 saturated heterocycles. The van der Waals surface area contributed by atoms with Crippen molar-refractivity contribution >= 4 is 22.8 Å². The van der Waals surface area contributed by atoms with Gasteiger partial charge in [0, 0.05) is 18.2 Å².